The minimum absolute atomic E-state index is 0.178. The molecule has 0 atom stereocenters. The maximum atomic E-state index is 11.6. The van der Waals surface area contributed by atoms with Crippen molar-refractivity contribution in [3.05, 3.63) is 16.6 Å². The van der Waals surface area contributed by atoms with E-state index in [1.807, 2.05) is 0 Å². The summed E-state index contributed by atoms with van der Waals surface area (Å²) >= 11 is 3.01. The van der Waals surface area contributed by atoms with Crippen LogP contribution in [-0.2, 0) is 20.0 Å². The van der Waals surface area contributed by atoms with Gasteiger partial charge in [-0.15, -0.1) is 4.40 Å². The molecule has 0 bridgehead atoms. The molecule has 1 aromatic carbocycles. The zero-order chi connectivity index (χ0) is 12.8. The van der Waals surface area contributed by atoms with Crippen molar-refractivity contribution in [3.8, 4) is 0 Å². The number of nitrogens with two attached hydrogens (primary N) is 1. The zero-order valence-corrected chi connectivity index (χ0v) is 11.3. The van der Waals surface area contributed by atoms with Crippen molar-refractivity contribution in [1.29, 1.82) is 0 Å². The number of sulfonamides is 2. The molecule has 0 unspecified atom stereocenters. The Balaban J connectivity index is 2.82. The van der Waals surface area contributed by atoms with E-state index in [0.717, 1.165) is 12.4 Å². The van der Waals surface area contributed by atoms with Gasteiger partial charge in [0, 0.05) is 4.47 Å². The molecule has 0 aliphatic carbocycles. The molecule has 0 amide bonds. The molecule has 1 aliphatic heterocycles. The highest BCUT2D eigenvalue weighted by molar-refractivity contribution is 9.10. The molecular weight excluding hydrogens is 334 g/mol. The third-order valence-electron chi connectivity index (χ3n) is 2.03. The molecule has 1 aromatic rings. The molecule has 0 radical (unpaired) electrons. The largest absolute Gasteiger partial charge is 0.345 e. The Morgan fingerprint density at radius 1 is 1.35 bits per heavy atom. The quantitative estimate of drug-likeness (QED) is 0.759. The van der Waals surface area contributed by atoms with Gasteiger partial charge in [-0.25, -0.2) is 13.6 Å². The van der Waals surface area contributed by atoms with Crippen LogP contribution >= 0.6 is 15.9 Å². The molecule has 0 fully saturated rings. The molecule has 17 heavy (non-hydrogen) atoms. The Kier molecular flexibility index (Phi) is 2.77. The summed E-state index contributed by atoms with van der Waals surface area (Å²) < 4.78 is 49.1. The molecule has 3 N–H and O–H groups in total. The van der Waals surface area contributed by atoms with E-state index in [4.69, 9.17) is 5.14 Å². The lowest BCUT2D eigenvalue weighted by molar-refractivity contribution is 0.595. The number of nitrogens with one attached hydrogen (secondary N) is 1. The van der Waals surface area contributed by atoms with Crippen LogP contribution in [0, 0.1) is 0 Å². The Morgan fingerprint density at radius 2 is 2.00 bits per heavy atom. The van der Waals surface area contributed by atoms with Gasteiger partial charge in [0.2, 0.25) is 10.0 Å². The Hall–Kier alpha value is -0.970. The SMILES string of the molecule is NS(=O)(=O)c1cc2c(cc1Br)NC=NS2(=O)=O. The second kappa shape index (κ2) is 3.77. The normalized spacial score (nSPS) is 17.3. The fourth-order valence-corrected chi connectivity index (χ4v) is 3.98. The lowest BCUT2D eigenvalue weighted by Gasteiger charge is -2.14. The Bertz CT molecular complexity index is 724. The average Bonchev–Trinajstić information content (AvgIpc) is 2.13. The molecule has 92 valence electrons. The van der Waals surface area contributed by atoms with Crippen molar-refractivity contribution in [2.75, 3.05) is 5.32 Å². The first kappa shape index (κ1) is 12.5. The van der Waals surface area contributed by atoms with Crippen LogP contribution in [0.4, 0.5) is 5.69 Å². The average molecular weight is 340 g/mol. The number of hydrogen-bond acceptors (Lipinski definition) is 5. The molecule has 10 heteroatoms. The standard InChI is InChI=1S/C7H6BrN3O4S2/c8-4-1-5-7(2-6(4)16(9,12)13)17(14,15)11-3-10-5/h1-3H,(H,10,11)(H2,9,12,13). The van der Waals surface area contributed by atoms with Crippen LogP contribution in [0.25, 0.3) is 0 Å². The van der Waals surface area contributed by atoms with Crippen LogP contribution in [0.1, 0.15) is 0 Å². The highest BCUT2D eigenvalue weighted by Gasteiger charge is 2.25. The number of rotatable bonds is 1. The van der Waals surface area contributed by atoms with Gasteiger partial charge in [-0.3, -0.25) is 0 Å². The first-order valence-corrected chi connectivity index (χ1v) is 7.91. The molecule has 0 saturated carbocycles. The van der Waals surface area contributed by atoms with Crippen LogP contribution in [0.5, 0.6) is 0 Å². The minimum atomic E-state index is -4.01. The monoisotopic (exact) mass is 339 g/mol. The summed E-state index contributed by atoms with van der Waals surface area (Å²) in [5.41, 5.74) is 0.235. The van der Waals surface area contributed by atoms with Crippen LogP contribution < -0.4 is 10.5 Å². The van der Waals surface area contributed by atoms with Gasteiger partial charge in [0.15, 0.2) is 0 Å². The predicted molar refractivity (Wildman–Crippen MR) is 64.8 cm³/mol. The van der Waals surface area contributed by atoms with E-state index in [2.05, 4.69) is 25.6 Å². The second-order valence-corrected chi connectivity index (χ2v) is 7.16. The van der Waals surface area contributed by atoms with E-state index >= 15 is 0 Å². The number of fused-ring (bicyclic) bond motifs is 1. The Labute approximate surface area is 106 Å². The number of nitrogens with zero attached hydrogens (tertiary/aromatic N) is 1. The summed E-state index contributed by atoms with van der Waals surface area (Å²) in [5, 5.41) is 7.57. The summed E-state index contributed by atoms with van der Waals surface area (Å²) in [6.45, 7) is 0. The maximum Gasteiger partial charge on any atom is 0.285 e. The number of halogens is 1. The number of hydrogen-bond donors (Lipinski definition) is 2. The molecule has 1 aliphatic rings. The van der Waals surface area contributed by atoms with Gasteiger partial charge in [-0.05, 0) is 28.1 Å². The molecule has 0 saturated heterocycles. The highest BCUT2D eigenvalue weighted by Crippen LogP contribution is 2.33. The van der Waals surface area contributed by atoms with Crippen molar-refractivity contribution in [2.24, 2.45) is 9.54 Å². The summed E-state index contributed by atoms with van der Waals surface area (Å²) in [6.07, 6.45) is 1.01. The minimum Gasteiger partial charge on any atom is -0.345 e. The molecule has 2 rings (SSSR count). The maximum absolute atomic E-state index is 11.6. The molecule has 0 spiro atoms. The van der Waals surface area contributed by atoms with Crippen LogP contribution in [0.15, 0.2) is 30.8 Å². The van der Waals surface area contributed by atoms with E-state index in [1.165, 1.54) is 6.07 Å². The van der Waals surface area contributed by atoms with Gasteiger partial charge < -0.3 is 5.32 Å². The van der Waals surface area contributed by atoms with Crippen molar-refractivity contribution in [2.45, 2.75) is 9.79 Å². The van der Waals surface area contributed by atoms with Crippen molar-refractivity contribution in [3.63, 3.8) is 0 Å². The number of benzene rings is 1. The first-order valence-electron chi connectivity index (χ1n) is 4.13. The van der Waals surface area contributed by atoms with Gasteiger partial charge in [0.05, 0.1) is 10.6 Å². The predicted octanol–water partition coefficient (Wildman–Crippen LogP) is 0.239. The van der Waals surface area contributed by atoms with E-state index in [9.17, 15) is 16.8 Å². The van der Waals surface area contributed by atoms with Crippen molar-refractivity contribution in [1.82, 2.24) is 0 Å². The molecule has 1 heterocycles. The lowest BCUT2D eigenvalue weighted by atomic mass is 10.3. The zero-order valence-electron chi connectivity index (χ0n) is 8.08. The highest BCUT2D eigenvalue weighted by atomic mass is 79.9. The van der Waals surface area contributed by atoms with Crippen molar-refractivity contribution < 1.29 is 16.8 Å². The third kappa shape index (κ3) is 2.20. The van der Waals surface area contributed by atoms with E-state index in [1.54, 1.807) is 0 Å². The fourth-order valence-electron chi connectivity index (χ4n) is 1.30. The van der Waals surface area contributed by atoms with Gasteiger partial charge in [-0.2, -0.15) is 8.42 Å². The van der Waals surface area contributed by atoms with Gasteiger partial charge in [-0.1, -0.05) is 0 Å². The fraction of sp³-hybridized carbons (Fsp3) is 0. The first-order chi connectivity index (χ1) is 7.72. The van der Waals surface area contributed by atoms with Crippen molar-refractivity contribution >= 4 is 48.0 Å². The van der Waals surface area contributed by atoms with Gasteiger partial charge >= 0.3 is 0 Å². The summed E-state index contributed by atoms with van der Waals surface area (Å²) in [4.78, 5) is -0.536. The second-order valence-electron chi connectivity index (χ2n) is 3.18. The number of anilines is 1. The van der Waals surface area contributed by atoms with E-state index in [0.29, 0.717) is 0 Å². The molecule has 0 aromatic heterocycles. The summed E-state index contributed by atoms with van der Waals surface area (Å²) in [7, 11) is -7.88. The smallest absolute Gasteiger partial charge is 0.285 e. The van der Waals surface area contributed by atoms with E-state index < -0.39 is 20.0 Å². The van der Waals surface area contributed by atoms with Gasteiger partial charge in [0.25, 0.3) is 10.0 Å². The topological polar surface area (TPSA) is 119 Å². The van der Waals surface area contributed by atoms with Crippen LogP contribution in [0.2, 0.25) is 0 Å². The van der Waals surface area contributed by atoms with Crippen LogP contribution in [0.3, 0.4) is 0 Å². The Morgan fingerprint density at radius 3 is 2.59 bits per heavy atom. The third-order valence-corrected chi connectivity index (χ3v) is 5.18. The van der Waals surface area contributed by atoms with E-state index in [-0.39, 0.29) is 20.0 Å². The number of primary sulfonamides is 1. The van der Waals surface area contributed by atoms with Gasteiger partial charge in [0.1, 0.15) is 11.2 Å². The molecule has 7 nitrogen and oxygen atoms in total. The molecular formula is C7H6BrN3O4S2. The lowest BCUT2D eigenvalue weighted by Crippen LogP contribution is -2.16. The summed E-state index contributed by atoms with van der Waals surface area (Å²) in [6, 6.07) is 2.28. The van der Waals surface area contributed by atoms with Crippen LogP contribution in [-0.4, -0.2) is 23.2 Å². The summed E-state index contributed by atoms with van der Waals surface area (Å²) in [5.74, 6) is 0.